The van der Waals surface area contributed by atoms with Crippen LogP contribution in [0.4, 0.5) is 0 Å². The Morgan fingerprint density at radius 2 is 2.12 bits per heavy atom. The predicted octanol–water partition coefficient (Wildman–Crippen LogP) is 2.13. The Hall–Kier alpha value is -1.97. The maximum Gasteiger partial charge on any atom is 0.334 e. The molecule has 0 aromatic heterocycles. The van der Waals surface area contributed by atoms with Crippen molar-refractivity contribution in [1.82, 2.24) is 0 Å². The minimum Gasteiger partial charge on any atom is -0.459 e. The summed E-state index contributed by atoms with van der Waals surface area (Å²) < 4.78 is 15.6. The lowest BCUT2D eigenvalue weighted by Crippen LogP contribution is -1.99. The zero-order valence-corrected chi connectivity index (χ0v) is 9.43. The zero-order chi connectivity index (χ0) is 11.8. The molecule has 17 heavy (non-hydrogen) atoms. The summed E-state index contributed by atoms with van der Waals surface area (Å²) in [4.78, 5) is 11.5. The first-order valence-corrected chi connectivity index (χ1v) is 5.53. The standard InChI is InChI=1S/C13H12O4/c1-8-4-10(13(14)17-8)5-9-2-3-11-12(6-9)16-7-15-11/h2-3,5-6,8H,4,7H2,1H3. The number of rotatable bonds is 1. The second-order valence-corrected chi connectivity index (χ2v) is 4.20. The van der Waals surface area contributed by atoms with E-state index in [-0.39, 0.29) is 18.9 Å². The maximum atomic E-state index is 11.5. The molecule has 1 atom stereocenters. The zero-order valence-electron chi connectivity index (χ0n) is 9.43. The van der Waals surface area contributed by atoms with E-state index in [2.05, 4.69) is 0 Å². The molecule has 2 aliphatic heterocycles. The van der Waals surface area contributed by atoms with E-state index in [0.717, 1.165) is 17.1 Å². The molecule has 2 aliphatic rings. The first-order chi connectivity index (χ1) is 8.22. The molecule has 1 aromatic carbocycles. The van der Waals surface area contributed by atoms with Crippen molar-refractivity contribution < 1.29 is 19.0 Å². The molecule has 0 aliphatic carbocycles. The van der Waals surface area contributed by atoms with E-state index in [1.54, 1.807) is 0 Å². The number of hydrogen-bond acceptors (Lipinski definition) is 4. The summed E-state index contributed by atoms with van der Waals surface area (Å²) in [5.41, 5.74) is 1.63. The topological polar surface area (TPSA) is 44.8 Å². The van der Waals surface area contributed by atoms with E-state index < -0.39 is 0 Å². The number of carbonyl (C=O) groups is 1. The SMILES string of the molecule is CC1CC(=Cc2ccc3c(c2)OCO3)C(=O)O1. The lowest BCUT2D eigenvalue weighted by molar-refractivity contribution is -0.138. The summed E-state index contributed by atoms with van der Waals surface area (Å²) in [5, 5.41) is 0. The number of hydrogen-bond donors (Lipinski definition) is 0. The van der Waals surface area contributed by atoms with E-state index in [1.165, 1.54) is 0 Å². The average Bonchev–Trinajstić information content (AvgIpc) is 2.85. The predicted molar refractivity (Wildman–Crippen MR) is 60.7 cm³/mol. The van der Waals surface area contributed by atoms with Gasteiger partial charge in [0.05, 0.1) is 0 Å². The second kappa shape index (κ2) is 3.80. The molecule has 4 heteroatoms. The smallest absolute Gasteiger partial charge is 0.334 e. The fourth-order valence-corrected chi connectivity index (χ4v) is 2.02. The van der Waals surface area contributed by atoms with Gasteiger partial charge in [-0.2, -0.15) is 0 Å². The van der Waals surface area contributed by atoms with Gasteiger partial charge in [0.2, 0.25) is 6.79 Å². The van der Waals surface area contributed by atoms with Gasteiger partial charge in [-0.25, -0.2) is 4.79 Å². The molecular formula is C13H12O4. The molecule has 0 bridgehead atoms. The van der Waals surface area contributed by atoms with Crippen molar-refractivity contribution in [3.05, 3.63) is 29.3 Å². The molecule has 0 N–H and O–H groups in total. The van der Waals surface area contributed by atoms with Crippen LogP contribution in [-0.4, -0.2) is 18.9 Å². The molecular weight excluding hydrogens is 220 g/mol. The van der Waals surface area contributed by atoms with Crippen LogP contribution in [0, 0.1) is 0 Å². The summed E-state index contributed by atoms with van der Waals surface area (Å²) in [6.45, 7) is 2.15. The lowest BCUT2D eigenvalue weighted by Gasteiger charge is -1.98. The van der Waals surface area contributed by atoms with Gasteiger partial charge in [0.25, 0.3) is 0 Å². The first-order valence-electron chi connectivity index (χ1n) is 5.53. The van der Waals surface area contributed by atoms with E-state index in [9.17, 15) is 4.79 Å². The van der Waals surface area contributed by atoms with E-state index in [4.69, 9.17) is 14.2 Å². The molecule has 1 unspecified atom stereocenters. The minimum absolute atomic E-state index is 0.0252. The highest BCUT2D eigenvalue weighted by atomic mass is 16.7. The summed E-state index contributed by atoms with van der Waals surface area (Å²) in [6, 6.07) is 5.61. The molecule has 1 fully saturated rings. The molecule has 88 valence electrons. The van der Waals surface area contributed by atoms with Crippen molar-refractivity contribution in [3.63, 3.8) is 0 Å². The van der Waals surface area contributed by atoms with Crippen LogP contribution in [0.25, 0.3) is 6.08 Å². The number of carbonyl (C=O) groups excluding carboxylic acids is 1. The normalized spacial score (nSPS) is 24.2. The summed E-state index contributed by atoms with van der Waals surface area (Å²) >= 11 is 0. The van der Waals surface area contributed by atoms with Crippen LogP contribution in [0.5, 0.6) is 11.5 Å². The van der Waals surface area contributed by atoms with Crippen molar-refractivity contribution in [2.45, 2.75) is 19.4 Å². The molecule has 0 radical (unpaired) electrons. The highest BCUT2D eigenvalue weighted by Crippen LogP contribution is 2.33. The first kappa shape index (κ1) is 10.2. The number of benzene rings is 1. The van der Waals surface area contributed by atoms with Gasteiger partial charge in [0, 0.05) is 12.0 Å². The van der Waals surface area contributed by atoms with E-state index in [0.29, 0.717) is 12.0 Å². The molecule has 2 heterocycles. The lowest BCUT2D eigenvalue weighted by atomic mass is 10.1. The van der Waals surface area contributed by atoms with E-state index >= 15 is 0 Å². The van der Waals surface area contributed by atoms with Gasteiger partial charge < -0.3 is 14.2 Å². The van der Waals surface area contributed by atoms with Crippen LogP contribution in [0.3, 0.4) is 0 Å². The van der Waals surface area contributed by atoms with Gasteiger partial charge in [-0.3, -0.25) is 0 Å². The van der Waals surface area contributed by atoms with Crippen molar-refractivity contribution in [1.29, 1.82) is 0 Å². The van der Waals surface area contributed by atoms with Crippen LogP contribution in [0.1, 0.15) is 18.9 Å². The van der Waals surface area contributed by atoms with E-state index in [1.807, 2.05) is 31.2 Å². The van der Waals surface area contributed by atoms with Crippen molar-refractivity contribution >= 4 is 12.0 Å². The monoisotopic (exact) mass is 232 g/mol. The summed E-state index contributed by atoms with van der Waals surface area (Å²) in [7, 11) is 0. The second-order valence-electron chi connectivity index (χ2n) is 4.20. The van der Waals surface area contributed by atoms with Gasteiger partial charge in [0.15, 0.2) is 11.5 Å². The third-order valence-corrected chi connectivity index (χ3v) is 2.82. The number of ether oxygens (including phenoxy) is 3. The van der Waals surface area contributed by atoms with Crippen molar-refractivity contribution in [3.8, 4) is 11.5 Å². The molecule has 1 aromatic rings. The molecule has 0 spiro atoms. The van der Waals surface area contributed by atoms with Crippen LogP contribution < -0.4 is 9.47 Å². The maximum absolute atomic E-state index is 11.5. The third kappa shape index (κ3) is 1.86. The van der Waals surface area contributed by atoms with Crippen LogP contribution in [0.15, 0.2) is 23.8 Å². The molecule has 0 saturated carbocycles. The van der Waals surface area contributed by atoms with Crippen LogP contribution >= 0.6 is 0 Å². The van der Waals surface area contributed by atoms with Crippen LogP contribution in [0.2, 0.25) is 0 Å². The van der Waals surface area contributed by atoms with Gasteiger partial charge >= 0.3 is 5.97 Å². The van der Waals surface area contributed by atoms with Gasteiger partial charge in [-0.05, 0) is 30.7 Å². The summed E-state index contributed by atoms with van der Waals surface area (Å²) in [6.07, 6.45) is 2.48. The Bertz CT molecular complexity index is 504. The highest BCUT2D eigenvalue weighted by Gasteiger charge is 2.25. The van der Waals surface area contributed by atoms with Gasteiger partial charge in [-0.15, -0.1) is 0 Å². The van der Waals surface area contributed by atoms with Crippen molar-refractivity contribution in [2.75, 3.05) is 6.79 Å². The highest BCUT2D eigenvalue weighted by molar-refractivity contribution is 5.95. The Balaban J connectivity index is 1.90. The number of fused-ring (bicyclic) bond motifs is 1. The van der Waals surface area contributed by atoms with Crippen molar-refractivity contribution in [2.24, 2.45) is 0 Å². The average molecular weight is 232 g/mol. The quantitative estimate of drug-likeness (QED) is 0.549. The Kier molecular flexibility index (Phi) is 2.28. The number of esters is 1. The summed E-state index contributed by atoms with van der Waals surface area (Å²) in [5.74, 6) is 1.24. The Labute approximate surface area is 98.8 Å². The fraction of sp³-hybridized carbons (Fsp3) is 0.308. The fourth-order valence-electron chi connectivity index (χ4n) is 2.02. The molecule has 1 saturated heterocycles. The largest absolute Gasteiger partial charge is 0.459 e. The molecule has 4 nitrogen and oxygen atoms in total. The Morgan fingerprint density at radius 1 is 1.29 bits per heavy atom. The molecule has 3 rings (SSSR count). The number of cyclic esters (lactones) is 1. The van der Waals surface area contributed by atoms with Gasteiger partial charge in [0.1, 0.15) is 6.10 Å². The van der Waals surface area contributed by atoms with Crippen LogP contribution in [-0.2, 0) is 9.53 Å². The Morgan fingerprint density at radius 3 is 2.88 bits per heavy atom. The third-order valence-electron chi connectivity index (χ3n) is 2.82. The molecule has 0 amide bonds. The van der Waals surface area contributed by atoms with Gasteiger partial charge in [-0.1, -0.05) is 6.07 Å². The minimum atomic E-state index is -0.227.